The lowest BCUT2D eigenvalue weighted by Gasteiger charge is -2.29. The van der Waals surface area contributed by atoms with Crippen LogP contribution < -0.4 is 0 Å². The molecular formula is C17H24O3. The van der Waals surface area contributed by atoms with Crippen molar-refractivity contribution < 1.29 is 14.3 Å². The fraction of sp³-hybridized carbons (Fsp3) is 0.588. The second-order valence-electron chi connectivity index (χ2n) is 5.47. The lowest BCUT2D eigenvalue weighted by molar-refractivity contribution is -0.164. The summed E-state index contributed by atoms with van der Waals surface area (Å²) >= 11 is 0. The number of cyclic esters (lactones) is 1. The predicted octanol–water partition coefficient (Wildman–Crippen LogP) is 3.86. The first-order valence-electron chi connectivity index (χ1n) is 7.63. The van der Waals surface area contributed by atoms with E-state index in [0.717, 1.165) is 24.8 Å². The first-order valence-corrected chi connectivity index (χ1v) is 7.63. The molecule has 0 N–H and O–H groups in total. The van der Waals surface area contributed by atoms with Gasteiger partial charge in [0.05, 0.1) is 19.1 Å². The van der Waals surface area contributed by atoms with Gasteiger partial charge in [0, 0.05) is 6.42 Å². The van der Waals surface area contributed by atoms with E-state index < -0.39 is 0 Å². The summed E-state index contributed by atoms with van der Waals surface area (Å²) in [6.07, 6.45) is 5.74. The molecule has 20 heavy (non-hydrogen) atoms. The van der Waals surface area contributed by atoms with Crippen LogP contribution in [0.25, 0.3) is 0 Å². The Labute approximate surface area is 121 Å². The molecule has 1 aromatic rings. The fourth-order valence-electron chi connectivity index (χ4n) is 2.56. The molecule has 2 rings (SSSR count). The van der Waals surface area contributed by atoms with Crippen LogP contribution in [0.1, 0.15) is 51.0 Å². The number of hydrogen-bond donors (Lipinski definition) is 0. The highest BCUT2D eigenvalue weighted by Crippen LogP contribution is 2.23. The van der Waals surface area contributed by atoms with Crippen molar-refractivity contribution in [3.8, 4) is 0 Å². The van der Waals surface area contributed by atoms with Crippen molar-refractivity contribution in [2.45, 2.75) is 64.3 Å². The largest absolute Gasteiger partial charge is 0.462 e. The molecule has 110 valence electrons. The van der Waals surface area contributed by atoms with Crippen molar-refractivity contribution >= 4 is 5.97 Å². The molecule has 0 bridgehead atoms. The molecule has 0 amide bonds. The van der Waals surface area contributed by atoms with Gasteiger partial charge in [-0.05, 0) is 18.4 Å². The first kappa shape index (κ1) is 15.0. The molecule has 0 spiro atoms. The maximum atomic E-state index is 11.6. The Balaban J connectivity index is 1.77. The van der Waals surface area contributed by atoms with Crippen LogP contribution >= 0.6 is 0 Å². The Morgan fingerprint density at radius 3 is 2.80 bits per heavy atom. The monoisotopic (exact) mass is 276 g/mol. The number of esters is 1. The standard InChI is InChI=1S/C17H24O3/c1-2-3-5-10-15-11-16(12-17(18)20-15)19-13-14-8-6-4-7-9-14/h4,6-9,15-16H,2-3,5,10-13H2,1H3/t15-,16-/m1/s1. The number of rotatable bonds is 7. The molecule has 3 nitrogen and oxygen atoms in total. The van der Waals surface area contributed by atoms with Gasteiger partial charge >= 0.3 is 5.97 Å². The minimum atomic E-state index is -0.115. The summed E-state index contributed by atoms with van der Waals surface area (Å²) in [5.74, 6) is -0.115. The maximum absolute atomic E-state index is 11.6. The van der Waals surface area contributed by atoms with Gasteiger partial charge in [0.2, 0.25) is 0 Å². The topological polar surface area (TPSA) is 35.5 Å². The highest BCUT2D eigenvalue weighted by molar-refractivity contribution is 5.71. The molecule has 0 aliphatic carbocycles. The Hall–Kier alpha value is -1.35. The summed E-state index contributed by atoms with van der Waals surface area (Å²) in [7, 11) is 0. The normalized spacial score (nSPS) is 22.6. The van der Waals surface area contributed by atoms with E-state index in [1.807, 2.05) is 30.3 Å². The van der Waals surface area contributed by atoms with Gasteiger partial charge in [-0.25, -0.2) is 0 Å². The smallest absolute Gasteiger partial charge is 0.308 e. The minimum absolute atomic E-state index is 0.00285. The quantitative estimate of drug-likeness (QED) is 0.560. The highest BCUT2D eigenvalue weighted by atomic mass is 16.6. The Bertz CT molecular complexity index is 402. The number of benzene rings is 1. The zero-order chi connectivity index (χ0) is 14.2. The molecule has 0 radical (unpaired) electrons. The molecule has 0 aromatic heterocycles. The van der Waals surface area contributed by atoms with Crippen LogP contribution in [0.15, 0.2) is 30.3 Å². The number of unbranched alkanes of at least 4 members (excludes halogenated alkanes) is 2. The van der Waals surface area contributed by atoms with Gasteiger partial charge in [-0.15, -0.1) is 0 Å². The van der Waals surface area contributed by atoms with Crippen molar-refractivity contribution in [3.63, 3.8) is 0 Å². The van der Waals surface area contributed by atoms with Crippen LogP contribution in [0.4, 0.5) is 0 Å². The van der Waals surface area contributed by atoms with Crippen LogP contribution in [0.2, 0.25) is 0 Å². The second-order valence-corrected chi connectivity index (χ2v) is 5.47. The fourth-order valence-corrected chi connectivity index (χ4v) is 2.56. The Kier molecular flexibility index (Phi) is 6.06. The van der Waals surface area contributed by atoms with Crippen molar-refractivity contribution in [3.05, 3.63) is 35.9 Å². The maximum Gasteiger partial charge on any atom is 0.308 e. The van der Waals surface area contributed by atoms with Gasteiger partial charge in [0.1, 0.15) is 6.10 Å². The van der Waals surface area contributed by atoms with Crippen LogP contribution in [0.3, 0.4) is 0 Å². The third-order valence-corrected chi connectivity index (χ3v) is 3.68. The summed E-state index contributed by atoms with van der Waals surface area (Å²) < 4.78 is 11.3. The molecule has 1 heterocycles. The van der Waals surface area contributed by atoms with E-state index in [-0.39, 0.29) is 18.2 Å². The predicted molar refractivity (Wildman–Crippen MR) is 78.3 cm³/mol. The van der Waals surface area contributed by atoms with Gasteiger partial charge in [-0.2, -0.15) is 0 Å². The average molecular weight is 276 g/mol. The van der Waals surface area contributed by atoms with Crippen molar-refractivity contribution in [1.29, 1.82) is 0 Å². The molecule has 1 fully saturated rings. The number of carbonyl (C=O) groups excluding carboxylic acids is 1. The molecule has 1 saturated heterocycles. The van der Waals surface area contributed by atoms with E-state index in [4.69, 9.17) is 9.47 Å². The summed E-state index contributed by atoms with van der Waals surface area (Å²) in [5.41, 5.74) is 1.15. The molecule has 0 unspecified atom stereocenters. The van der Waals surface area contributed by atoms with E-state index in [9.17, 15) is 4.79 Å². The first-order chi connectivity index (χ1) is 9.78. The molecule has 1 aliphatic heterocycles. The summed E-state index contributed by atoms with van der Waals surface area (Å²) in [6, 6.07) is 10.1. The lowest BCUT2D eigenvalue weighted by Crippen LogP contribution is -2.34. The lowest BCUT2D eigenvalue weighted by atomic mass is 10.0. The number of hydrogen-bond acceptors (Lipinski definition) is 3. The van der Waals surface area contributed by atoms with Gasteiger partial charge in [-0.3, -0.25) is 4.79 Å². The second kappa shape index (κ2) is 8.05. The van der Waals surface area contributed by atoms with Crippen LogP contribution in [0, 0.1) is 0 Å². The Morgan fingerprint density at radius 2 is 2.05 bits per heavy atom. The van der Waals surface area contributed by atoms with E-state index in [1.165, 1.54) is 12.8 Å². The third kappa shape index (κ3) is 4.97. The summed E-state index contributed by atoms with van der Waals surface area (Å²) in [6.45, 7) is 2.75. The molecule has 1 aliphatic rings. The van der Waals surface area contributed by atoms with Gasteiger partial charge in [0.15, 0.2) is 0 Å². The highest BCUT2D eigenvalue weighted by Gasteiger charge is 2.28. The molecule has 1 aromatic carbocycles. The van der Waals surface area contributed by atoms with Gasteiger partial charge in [-0.1, -0.05) is 50.1 Å². The molecule has 0 saturated carbocycles. The SMILES string of the molecule is CCCCC[C@@H]1C[C@@H](OCc2ccccc2)CC(=O)O1. The zero-order valence-electron chi connectivity index (χ0n) is 12.2. The van der Waals surface area contributed by atoms with E-state index in [2.05, 4.69) is 6.92 Å². The summed E-state index contributed by atoms with van der Waals surface area (Å²) in [5, 5.41) is 0. The molecule has 2 atom stereocenters. The minimum Gasteiger partial charge on any atom is -0.462 e. The van der Waals surface area contributed by atoms with Gasteiger partial charge in [0.25, 0.3) is 0 Å². The summed E-state index contributed by atoms with van der Waals surface area (Å²) in [4.78, 5) is 11.6. The number of ether oxygens (including phenoxy) is 2. The van der Waals surface area contributed by atoms with Crippen LogP contribution in [0.5, 0.6) is 0 Å². The van der Waals surface area contributed by atoms with E-state index >= 15 is 0 Å². The molecule has 3 heteroatoms. The van der Waals surface area contributed by atoms with E-state index in [0.29, 0.717) is 13.0 Å². The van der Waals surface area contributed by atoms with E-state index in [1.54, 1.807) is 0 Å². The van der Waals surface area contributed by atoms with Gasteiger partial charge < -0.3 is 9.47 Å². The molecular weight excluding hydrogens is 252 g/mol. The third-order valence-electron chi connectivity index (χ3n) is 3.68. The number of carbonyl (C=O) groups is 1. The van der Waals surface area contributed by atoms with Crippen molar-refractivity contribution in [2.75, 3.05) is 0 Å². The van der Waals surface area contributed by atoms with Crippen LogP contribution in [-0.2, 0) is 20.9 Å². The Morgan fingerprint density at radius 1 is 1.25 bits per heavy atom. The van der Waals surface area contributed by atoms with Crippen molar-refractivity contribution in [2.24, 2.45) is 0 Å². The zero-order valence-corrected chi connectivity index (χ0v) is 12.2. The average Bonchev–Trinajstić information content (AvgIpc) is 2.46. The van der Waals surface area contributed by atoms with Crippen molar-refractivity contribution in [1.82, 2.24) is 0 Å². The van der Waals surface area contributed by atoms with Crippen LogP contribution in [-0.4, -0.2) is 18.2 Å².